The van der Waals surface area contributed by atoms with Crippen LogP contribution in [0.2, 0.25) is 0 Å². The first-order chi connectivity index (χ1) is 14.6. The Balaban J connectivity index is 2.43. The van der Waals surface area contributed by atoms with E-state index in [0.717, 1.165) is 10.5 Å². The molecule has 0 amide bonds. The summed E-state index contributed by atoms with van der Waals surface area (Å²) < 4.78 is 27.3. The van der Waals surface area contributed by atoms with Crippen molar-refractivity contribution in [3.05, 3.63) is 29.8 Å². The summed E-state index contributed by atoms with van der Waals surface area (Å²) in [5.41, 5.74) is 0.231. The van der Waals surface area contributed by atoms with Crippen molar-refractivity contribution in [2.75, 3.05) is 6.61 Å². The molecule has 0 bridgehead atoms. The van der Waals surface area contributed by atoms with Crippen LogP contribution in [0.1, 0.15) is 33.3 Å². The van der Waals surface area contributed by atoms with Crippen molar-refractivity contribution in [2.45, 2.75) is 69.4 Å². The van der Waals surface area contributed by atoms with Crippen molar-refractivity contribution in [1.82, 2.24) is 0 Å². The van der Waals surface area contributed by atoms with E-state index < -0.39 is 53.7 Å². The Bertz CT molecular complexity index is 808. The topological polar surface area (TPSA) is 114 Å². The standard InChI is InChI=1S/C21H26O9S/c1-11-6-8-16(9-7-11)31-21-20(29-15(5)25)19(28-14(4)24)18(27-13(3)23)17(30-21)10-26-12(2)22/h6-9,17-21H,10H2,1-5H3/t17-,18+,19+,20-,21+/m1/s1/i10+1,17+1,18+1,19+1,20+1,21+1. The summed E-state index contributed by atoms with van der Waals surface area (Å²) in [4.78, 5) is 47.5. The Hall–Kier alpha value is -2.59. The summed E-state index contributed by atoms with van der Waals surface area (Å²) >= 11 is 1.24. The van der Waals surface area contributed by atoms with Gasteiger partial charge in [-0.1, -0.05) is 29.5 Å². The number of hydrogen-bond donors (Lipinski definition) is 0. The second-order valence-corrected chi connectivity index (χ2v) is 8.17. The molecular weight excluding hydrogens is 434 g/mol. The van der Waals surface area contributed by atoms with Crippen LogP contribution in [0, 0.1) is 6.92 Å². The highest BCUT2D eigenvalue weighted by atomic mass is 32.2. The van der Waals surface area contributed by atoms with Gasteiger partial charge in [0.15, 0.2) is 18.3 Å². The van der Waals surface area contributed by atoms with Gasteiger partial charge in [0.2, 0.25) is 0 Å². The molecular formula is C21H26O9S. The van der Waals surface area contributed by atoms with Gasteiger partial charge in [-0.3, -0.25) is 19.2 Å². The summed E-state index contributed by atoms with van der Waals surface area (Å²) in [6.07, 6.45) is -4.35. The van der Waals surface area contributed by atoms with Crippen molar-refractivity contribution in [1.29, 1.82) is 0 Å². The van der Waals surface area contributed by atoms with Gasteiger partial charge in [0.1, 0.15) is 18.1 Å². The molecule has 1 aromatic carbocycles. The normalized spacial score (nSPS) is 25.3. The van der Waals surface area contributed by atoms with Crippen LogP contribution in [0.4, 0.5) is 0 Å². The van der Waals surface area contributed by atoms with E-state index >= 15 is 0 Å². The molecule has 5 atom stereocenters. The highest BCUT2D eigenvalue weighted by molar-refractivity contribution is 7.99. The highest BCUT2D eigenvalue weighted by Gasteiger charge is 2.52. The molecule has 1 aliphatic rings. The van der Waals surface area contributed by atoms with Crippen LogP contribution in [0.25, 0.3) is 0 Å². The van der Waals surface area contributed by atoms with Crippen LogP contribution < -0.4 is 0 Å². The molecule has 9 nitrogen and oxygen atoms in total. The van der Waals surface area contributed by atoms with Crippen LogP contribution in [-0.4, -0.2) is 60.3 Å². The first-order valence-electron chi connectivity index (χ1n) is 9.60. The molecule has 1 saturated heterocycles. The molecule has 1 heterocycles. The lowest BCUT2D eigenvalue weighted by Gasteiger charge is -2.44. The lowest BCUT2D eigenvalue weighted by molar-refractivity contribution is -0.237. The number of rotatable bonds is 7. The second kappa shape index (κ2) is 11.1. The maximum Gasteiger partial charge on any atom is 0.303 e. The number of ether oxygens (including phenoxy) is 5. The Morgan fingerprint density at radius 1 is 0.806 bits per heavy atom. The molecule has 0 N–H and O–H groups in total. The summed E-state index contributed by atoms with van der Waals surface area (Å²) in [6, 6.07) is 7.56. The van der Waals surface area contributed by atoms with Crippen LogP contribution in [0.3, 0.4) is 0 Å². The van der Waals surface area contributed by atoms with Crippen molar-refractivity contribution < 1.29 is 42.9 Å². The number of carbonyl (C=O) groups is 4. The Morgan fingerprint density at radius 3 is 1.84 bits per heavy atom. The highest BCUT2D eigenvalue weighted by Crippen LogP contribution is 2.37. The average Bonchev–Trinajstić information content (AvgIpc) is 2.65. The van der Waals surface area contributed by atoms with Gasteiger partial charge in [-0.2, -0.15) is 0 Å². The van der Waals surface area contributed by atoms with Crippen molar-refractivity contribution in [3.8, 4) is 0 Å². The summed E-state index contributed by atoms with van der Waals surface area (Å²) in [5.74, 6) is -2.50. The van der Waals surface area contributed by atoms with Gasteiger partial charge in [0.25, 0.3) is 0 Å². The molecule has 0 saturated carbocycles. The molecule has 0 aromatic heterocycles. The van der Waals surface area contributed by atoms with E-state index in [9.17, 15) is 19.2 Å². The Morgan fingerprint density at radius 2 is 1.32 bits per heavy atom. The first kappa shape index (κ1) is 24.7. The zero-order chi connectivity index (χ0) is 23.1. The fourth-order valence-corrected chi connectivity index (χ4v) is 4.14. The molecule has 0 unspecified atom stereocenters. The second-order valence-electron chi connectivity index (χ2n) is 7.00. The van der Waals surface area contributed by atoms with E-state index in [2.05, 4.69) is 0 Å². The van der Waals surface area contributed by atoms with Gasteiger partial charge >= 0.3 is 23.9 Å². The molecule has 0 spiro atoms. The van der Waals surface area contributed by atoms with Crippen molar-refractivity contribution >= 4 is 35.6 Å². The minimum atomic E-state index is -1.16. The number of carbonyl (C=O) groups excluding carboxylic acids is 4. The molecule has 1 aromatic rings. The number of thioether (sulfide) groups is 1. The minimum Gasteiger partial charge on any atom is -0.463 e. The van der Waals surface area contributed by atoms with Crippen molar-refractivity contribution in [2.24, 2.45) is 0 Å². The lowest BCUT2D eigenvalue weighted by atomic mass is 10.2. The fraction of sp³-hybridized carbons (Fsp3) is 0.524. The molecule has 1 aliphatic heterocycles. The smallest absolute Gasteiger partial charge is 0.303 e. The third-order valence-electron chi connectivity index (χ3n) is 4.22. The average molecular weight is 460 g/mol. The predicted octanol–water partition coefficient (Wildman–Crippen LogP) is 2.17. The van der Waals surface area contributed by atoms with E-state index in [1.165, 1.54) is 39.5 Å². The third kappa shape index (κ3) is 7.55. The van der Waals surface area contributed by atoms with E-state index in [0.29, 0.717) is 0 Å². The van der Waals surface area contributed by atoms with Crippen molar-refractivity contribution in [3.63, 3.8) is 0 Å². The summed E-state index contributed by atoms with van der Waals surface area (Å²) in [7, 11) is 0. The van der Waals surface area contributed by atoms with Gasteiger partial charge in [-0.25, -0.2) is 0 Å². The van der Waals surface area contributed by atoms with Gasteiger partial charge in [-0.15, -0.1) is 0 Å². The fourth-order valence-electron chi connectivity index (χ4n) is 3.03. The number of benzene rings is 1. The first-order valence-corrected chi connectivity index (χ1v) is 10.5. The van der Waals surface area contributed by atoms with Gasteiger partial charge in [-0.05, 0) is 19.1 Å². The summed E-state index contributed by atoms with van der Waals surface area (Å²) in [6.45, 7) is 6.51. The van der Waals surface area contributed by atoms with E-state index in [-0.39, 0.29) is 6.61 Å². The monoisotopic (exact) mass is 460 g/mol. The summed E-state index contributed by atoms with van der Waals surface area (Å²) in [5, 5.41) is 0. The predicted molar refractivity (Wildman–Crippen MR) is 109 cm³/mol. The van der Waals surface area contributed by atoms with E-state index in [1.54, 1.807) is 0 Å². The van der Waals surface area contributed by atoms with Gasteiger partial charge in [0.05, 0.1) is 0 Å². The van der Waals surface area contributed by atoms with Crippen LogP contribution in [-0.2, 0) is 42.9 Å². The van der Waals surface area contributed by atoms with Crippen LogP contribution in [0.15, 0.2) is 29.2 Å². The van der Waals surface area contributed by atoms with E-state index in [1.807, 2.05) is 31.2 Å². The van der Waals surface area contributed by atoms with Crippen LogP contribution >= 0.6 is 11.8 Å². The zero-order valence-corrected chi connectivity index (χ0v) is 18.8. The maximum atomic E-state index is 11.8. The SMILES string of the molecule is CC(=O)O[13CH2][13C@H]1O[13C@@H](Sc2ccc(C)cc2)[13C@H](OC(C)=O)[13C@@H](OC(C)=O)[13C@H]1OC(C)=O. The largest absolute Gasteiger partial charge is 0.463 e. The molecule has 2 rings (SSSR count). The van der Waals surface area contributed by atoms with Gasteiger partial charge < -0.3 is 23.7 Å². The molecule has 0 aliphatic carbocycles. The maximum absolute atomic E-state index is 11.8. The molecule has 170 valence electrons. The molecule has 0 radical (unpaired) electrons. The lowest BCUT2D eigenvalue weighted by Crippen LogP contribution is -2.61. The zero-order valence-electron chi connectivity index (χ0n) is 18.0. The quantitative estimate of drug-likeness (QED) is 0.341. The number of aryl methyl sites for hydroxylation is 1. The Kier molecular flexibility index (Phi) is 8.88. The molecule has 10 heteroatoms. The van der Waals surface area contributed by atoms with Crippen LogP contribution in [0.5, 0.6) is 0 Å². The molecule has 1 fully saturated rings. The number of hydrogen-bond acceptors (Lipinski definition) is 10. The third-order valence-corrected chi connectivity index (χ3v) is 5.38. The Labute approximate surface area is 184 Å². The van der Waals surface area contributed by atoms with Gasteiger partial charge in [0, 0.05) is 32.6 Å². The number of esters is 4. The minimum absolute atomic E-state index is 0.247. The van der Waals surface area contributed by atoms with E-state index in [4.69, 9.17) is 23.7 Å². The molecule has 31 heavy (non-hydrogen) atoms.